The van der Waals surface area contributed by atoms with Crippen molar-refractivity contribution in [1.82, 2.24) is 20.9 Å². The molecule has 0 radical (unpaired) electrons. The number of carbonyl (C=O) groups excluding carboxylic acids is 3. The van der Waals surface area contributed by atoms with Gasteiger partial charge in [-0.05, 0) is 51.4 Å². The van der Waals surface area contributed by atoms with Crippen LogP contribution in [0.1, 0.15) is 47.0 Å². The van der Waals surface area contributed by atoms with E-state index < -0.39 is 11.3 Å². The average molecular weight is 621 g/mol. The van der Waals surface area contributed by atoms with Gasteiger partial charge in [-0.15, -0.1) is 0 Å². The monoisotopic (exact) mass is 619 g/mol. The topological polar surface area (TPSA) is 112 Å². The number of ether oxygens (including phenoxy) is 1. The molecule has 0 fully saturated rings. The van der Waals surface area contributed by atoms with E-state index in [9.17, 15) is 14.4 Å². The molecule has 1 aliphatic carbocycles. The third kappa shape index (κ3) is 10.7. The van der Waals surface area contributed by atoms with Crippen LogP contribution in [0.3, 0.4) is 0 Å². The van der Waals surface area contributed by atoms with Gasteiger partial charge in [0.05, 0.1) is 6.10 Å². The summed E-state index contributed by atoms with van der Waals surface area (Å²) in [6.07, 6.45) is 3.46. The van der Waals surface area contributed by atoms with Crippen molar-refractivity contribution in [3.05, 3.63) is 53.4 Å². The van der Waals surface area contributed by atoms with Crippen LogP contribution in [0, 0.1) is 11.3 Å². The van der Waals surface area contributed by atoms with Crippen LogP contribution in [0.15, 0.2) is 53.4 Å². The SMILES string of the molecule is CCOC1CCC(Br)C=C1C(=O)NCC(C)(C)CC(=O)N/C(C(=O)Nc1ccccc1)=C(/NC)C(C)CN(C)C. The number of carbonyl (C=O) groups is 3. The van der Waals surface area contributed by atoms with Crippen LogP contribution in [-0.2, 0) is 19.1 Å². The molecule has 40 heavy (non-hydrogen) atoms. The molecule has 0 aromatic heterocycles. The number of anilines is 1. The summed E-state index contributed by atoms with van der Waals surface area (Å²) in [5.41, 5.74) is 1.50. The second-order valence-corrected chi connectivity index (χ2v) is 12.4. The first-order valence-corrected chi connectivity index (χ1v) is 14.8. The Morgan fingerprint density at radius 2 is 1.82 bits per heavy atom. The molecule has 3 amide bonds. The van der Waals surface area contributed by atoms with E-state index >= 15 is 0 Å². The number of benzene rings is 1. The van der Waals surface area contributed by atoms with Crippen LogP contribution in [-0.4, -0.2) is 74.4 Å². The smallest absolute Gasteiger partial charge is 0.273 e. The van der Waals surface area contributed by atoms with Crippen molar-refractivity contribution < 1.29 is 19.1 Å². The predicted molar refractivity (Wildman–Crippen MR) is 164 cm³/mol. The highest BCUT2D eigenvalue weighted by molar-refractivity contribution is 9.09. The molecule has 10 heteroatoms. The number of para-hydroxylation sites is 1. The van der Waals surface area contributed by atoms with E-state index in [4.69, 9.17) is 4.74 Å². The first-order valence-electron chi connectivity index (χ1n) is 13.8. The zero-order valence-corrected chi connectivity index (χ0v) is 26.5. The van der Waals surface area contributed by atoms with E-state index in [0.717, 1.165) is 12.8 Å². The third-order valence-electron chi connectivity index (χ3n) is 6.60. The lowest BCUT2D eigenvalue weighted by Crippen LogP contribution is -2.42. The second-order valence-electron chi connectivity index (χ2n) is 11.3. The first-order chi connectivity index (χ1) is 18.9. The fraction of sp³-hybridized carbons (Fsp3) is 0.567. The van der Waals surface area contributed by atoms with Gasteiger partial charge in [0.2, 0.25) is 11.8 Å². The van der Waals surface area contributed by atoms with E-state index in [1.54, 1.807) is 19.2 Å². The van der Waals surface area contributed by atoms with Gasteiger partial charge >= 0.3 is 0 Å². The van der Waals surface area contributed by atoms with Gasteiger partial charge in [-0.1, -0.05) is 61.0 Å². The molecule has 0 heterocycles. The predicted octanol–water partition coefficient (Wildman–Crippen LogP) is 3.79. The zero-order chi connectivity index (χ0) is 29.9. The summed E-state index contributed by atoms with van der Waals surface area (Å²) in [5.74, 6) is -0.957. The number of nitrogens with zero attached hydrogens (tertiary/aromatic N) is 1. The Labute approximate surface area is 247 Å². The Hall–Kier alpha value is -2.69. The van der Waals surface area contributed by atoms with E-state index in [1.165, 1.54) is 0 Å². The molecule has 1 aromatic rings. The summed E-state index contributed by atoms with van der Waals surface area (Å²) in [6.45, 7) is 9.24. The van der Waals surface area contributed by atoms with Gasteiger partial charge in [0.1, 0.15) is 5.70 Å². The highest BCUT2D eigenvalue weighted by atomic mass is 79.9. The number of rotatable bonds is 14. The van der Waals surface area contributed by atoms with Gasteiger partial charge in [0, 0.05) is 60.9 Å². The average Bonchev–Trinajstić information content (AvgIpc) is 2.88. The van der Waals surface area contributed by atoms with E-state index in [-0.39, 0.29) is 47.3 Å². The Balaban J connectivity index is 2.16. The van der Waals surface area contributed by atoms with Crippen LogP contribution in [0.4, 0.5) is 5.69 Å². The van der Waals surface area contributed by atoms with Crippen LogP contribution in [0.2, 0.25) is 0 Å². The number of nitrogens with one attached hydrogen (secondary N) is 4. The number of alkyl halides is 1. The molecule has 2 rings (SSSR count). The van der Waals surface area contributed by atoms with Gasteiger partial charge in [-0.3, -0.25) is 14.4 Å². The highest BCUT2D eigenvalue weighted by Gasteiger charge is 2.30. The van der Waals surface area contributed by atoms with Gasteiger partial charge in [-0.2, -0.15) is 0 Å². The van der Waals surface area contributed by atoms with Crippen molar-refractivity contribution in [2.75, 3.05) is 46.2 Å². The normalized spacial score (nSPS) is 18.8. The molecule has 0 saturated carbocycles. The molecule has 1 aliphatic rings. The Morgan fingerprint density at radius 1 is 1.15 bits per heavy atom. The summed E-state index contributed by atoms with van der Waals surface area (Å²) in [7, 11) is 5.66. The van der Waals surface area contributed by atoms with E-state index in [1.807, 2.05) is 71.0 Å². The summed E-state index contributed by atoms with van der Waals surface area (Å²) in [6, 6.07) is 9.12. The Kier molecular flexibility index (Phi) is 13.3. The molecular weight excluding hydrogens is 574 g/mol. The van der Waals surface area contributed by atoms with Crippen LogP contribution in [0.5, 0.6) is 0 Å². The third-order valence-corrected chi connectivity index (χ3v) is 7.32. The van der Waals surface area contributed by atoms with Crippen LogP contribution < -0.4 is 21.3 Å². The maximum absolute atomic E-state index is 13.4. The van der Waals surface area contributed by atoms with E-state index in [0.29, 0.717) is 30.1 Å². The summed E-state index contributed by atoms with van der Waals surface area (Å²) >= 11 is 3.59. The quantitative estimate of drug-likeness (QED) is 0.186. The van der Waals surface area contributed by atoms with Crippen LogP contribution >= 0.6 is 15.9 Å². The van der Waals surface area contributed by atoms with Crippen molar-refractivity contribution in [2.24, 2.45) is 11.3 Å². The molecular formula is C30H46BrN5O4. The number of amides is 3. The van der Waals surface area contributed by atoms with Crippen molar-refractivity contribution in [3.63, 3.8) is 0 Å². The standard InChI is InChI=1S/C30H46BrN5O4/c1-8-40-24-15-14-21(31)16-23(24)28(38)33-19-30(3,4)17-25(37)35-27(26(32-5)20(2)18-36(6)7)29(39)34-22-12-10-9-11-13-22/h9-13,16,20-21,24,32H,8,14-15,17-19H2,1-7H3,(H,33,38)(H,34,39)(H,35,37)/b27-26+. The minimum Gasteiger partial charge on any atom is -0.389 e. The molecule has 3 atom stereocenters. The van der Waals surface area contributed by atoms with Gasteiger partial charge in [0.25, 0.3) is 5.91 Å². The minimum absolute atomic E-state index is 0.0514. The van der Waals surface area contributed by atoms with Gasteiger partial charge < -0.3 is 30.9 Å². The van der Waals surface area contributed by atoms with E-state index in [2.05, 4.69) is 37.2 Å². The fourth-order valence-electron chi connectivity index (χ4n) is 4.77. The molecule has 222 valence electrons. The van der Waals surface area contributed by atoms with Crippen molar-refractivity contribution >= 4 is 39.3 Å². The summed E-state index contributed by atoms with van der Waals surface area (Å²) in [4.78, 5) is 41.9. The van der Waals surface area contributed by atoms with Crippen molar-refractivity contribution in [3.8, 4) is 0 Å². The minimum atomic E-state index is -0.569. The summed E-state index contributed by atoms with van der Waals surface area (Å²) in [5, 5.41) is 11.9. The maximum atomic E-state index is 13.4. The lowest BCUT2D eigenvalue weighted by molar-refractivity contribution is -0.125. The Morgan fingerprint density at radius 3 is 2.42 bits per heavy atom. The number of hydrogen-bond acceptors (Lipinski definition) is 6. The molecule has 0 spiro atoms. The highest BCUT2D eigenvalue weighted by Crippen LogP contribution is 2.27. The molecule has 1 aromatic carbocycles. The largest absolute Gasteiger partial charge is 0.389 e. The molecule has 0 aliphatic heterocycles. The van der Waals surface area contributed by atoms with Crippen molar-refractivity contribution in [2.45, 2.75) is 57.9 Å². The number of halogens is 1. The first kappa shape index (κ1) is 33.5. The Bertz CT molecular complexity index is 1070. The van der Waals surface area contributed by atoms with Crippen LogP contribution in [0.25, 0.3) is 0 Å². The second kappa shape index (κ2) is 15.9. The van der Waals surface area contributed by atoms with Gasteiger partial charge in [-0.25, -0.2) is 0 Å². The lowest BCUT2D eigenvalue weighted by Gasteiger charge is -2.29. The molecule has 3 unspecified atom stereocenters. The maximum Gasteiger partial charge on any atom is 0.273 e. The van der Waals surface area contributed by atoms with Gasteiger partial charge in [0.15, 0.2) is 0 Å². The zero-order valence-electron chi connectivity index (χ0n) is 24.9. The lowest BCUT2D eigenvalue weighted by atomic mass is 9.88. The molecule has 0 saturated heterocycles. The molecule has 0 bridgehead atoms. The number of allylic oxidation sites excluding steroid dienone is 1. The fourth-order valence-corrected chi connectivity index (χ4v) is 5.32. The number of hydrogen-bond donors (Lipinski definition) is 4. The molecule has 4 N–H and O–H groups in total. The van der Waals surface area contributed by atoms with Crippen molar-refractivity contribution in [1.29, 1.82) is 0 Å². The molecule has 9 nitrogen and oxygen atoms in total. The summed E-state index contributed by atoms with van der Waals surface area (Å²) < 4.78 is 5.78.